The van der Waals surface area contributed by atoms with E-state index in [1.807, 2.05) is 0 Å². The Labute approximate surface area is 94.8 Å². The van der Waals surface area contributed by atoms with Crippen molar-refractivity contribution in [3.63, 3.8) is 0 Å². The molecule has 1 aromatic heterocycles. The Balaban J connectivity index is 2.51. The van der Waals surface area contributed by atoms with E-state index < -0.39 is 0 Å². The lowest BCUT2D eigenvalue weighted by Crippen LogP contribution is -2.23. The quantitative estimate of drug-likeness (QED) is 0.623. The highest BCUT2D eigenvalue weighted by atomic mass is 35.5. The van der Waals surface area contributed by atoms with Crippen molar-refractivity contribution in [3.8, 4) is 0 Å². The Morgan fingerprint density at radius 2 is 2.33 bits per heavy atom. The zero-order valence-corrected chi connectivity index (χ0v) is 9.80. The Kier molecular flexibility index (Phi) is 4.69. The molecule has 4 heteroatoms. The molecule has 0 saturated heterocycles. The predicted molar refractivity (Wildman–Crippen MR) is 60.2 cm³/mol. The molecular weight excluding hydrogens is 214 g/mol. The van der Waals surface area contributed by atoms with Gasteiger partial charge in [-0.15, -0.1) is 11.6 Å². The van der Waals surface area contributed by atoms with Gasteiger partial charge in [-0.2, -0.15) is 0 Å². The van der Waals surface area contributed by atoms with Crippen LogP contribution in [0, 0.1) is 0 Å². The summed E-state index contributed by atoms with van der Waals surface area (Å²) in [5.41, 5.74) is 0. The van der Waals surface area contributed by atoms with E-state index >= 15 is 0 Å². The smallest absolute Gasteiger partial charge is 0.286 e. The van der Waals surface area contributed by atoms with Crippen molar-refractivity contribution in [2.45, 2.75) is 32.1 Å². The third-order valence-electron chi connectivity index (χ3n) is 2.06. The van der Waals surface area contributed by atoms with Gasteiger partial charge in [0, 0.05) is 6.54 Å². The lowest BCUT2D eigenvalue weighted by Gasteiger charge is -2.01. The number of unbranched alkanes of at least 4 members (excludes halogenated alkanes) is 1. The predicted octanol–water partition coefficient (Wildman–Crippen LogP) is 3.11. The van der Waals surface area contributed by atoms with Crippen LogP contribution in [-0.2, 0) is 0 Å². The highest BCUT2D eigenvalue weighted by molar-refractivity contribution is 6.20. The first-order valence-electron chi connectivity index (χ1n) is 5.17. The summed E-state index contributed by atoms with van der Waals surface area (Å²) >= 11 is 5.82. The summed E-state index contributed by atoms with van der Waals surface area (Å²) in [5, 5.41) is 2.57. The second kappa shape index (κ2) is 5.81. The highest BCUT2D eigenvalue weighted by Gasteiger charge is 2.12. The van der Waals surface area contributed by atoms with Crippen molar-refractivity contribution >= 4 is 17.5 Å². The summed E-state index contributed by atoms with van der Waals surface area (Å²) in [4.78, 5) is 11.5. The Morgan fingerprint density at radius 3 is 2.87 bits per heavy atom. The van der Waals surface area contributed by atoms with Gasteiger partial charge in [0.15, 0.2) is 5.76 Å². The molecule has 15 heavy (non-hydrogen) atoms. The molecular formula is C11H16ClNO2. The van der Waals surface area contributed by atoms with Gasteiger partial charge in [-0.25, -0.2) is 0 Å². The molecule has 0 aromatic carbocycles. The summed E-state index contributed by atoms with van der Waals surface area (Å²) < 4.78 is 5.29. The number of nitrogens with one attached hydrogen (secondary N) is 1. The Hall–Kier alpha value is -0.960. The number of amides is 1. The van der Waals surface area contributed by atoms with Crippen molar-refractivity contribution in [3.05, 3.63) is 23.7 Å². The number of carbonyl (C=O) groups excluding carboxylic acids is 1. The molecule has 0 aliphatic carbocycles. The molecule has 0 fully saturated rings. The third-order valence-corrected chi connectivity index (χ3v) is 2.27. The van der Waals surface area contributed by atoms with Gasteiger partial charge >= 0.3 is 0 Å². The molecule has 1 N–H and O–H groups in total. The maximum absolute atomic E-state index is 11.5. The molecule has 1 amide bonds. The summed E-state index contributed by atoms with van der Waals surface area (Å²) in [6, 6.07) is 3.38. The van der Waals surface area contributed by atoms with Crippen molar-refractivity contribution in [2.24, 2.45) is 0 Å². The molecule has 1 rings (SSSR count). The van der Waals surface area contributed by atoms with Crippen LogP contribution < -0.4 is 5.32 Å². The van der Waals surface area contributed by atoms with Crippen LogP contribution in [0.2, 0.25) is 0 Å². The van der Waals surface area contributed by atoms with Crippen molar-refractivity contribution in [1.82, 2.24) is 5.32 Å². The fourth-order valence-electron chi connectivity index (χ4n) is 1.15. The minimum Gasteiger partial charge on any atom is -0.454 e. The van der Waals surface area contributed by atoms with Crippen LogP contribution in [0.5, 0.6) is 0 Å². The Morgan fingerprint density at radius 1 is 1.60 bits per heavy atom. The average molecular weight is 230 g/mol. The molecule has 0 saturated carbocycles. The lowest BCUT2D eigenvalue weighted by molar-refractivity contribution is 0.0923. The molecule has 0 spiro atoms. The number of rotatable bonds is 5. The summed E-state index contributed by atoms with van der Waals surface area (Å²) in [7, 11) is 0. The van der Waals surface area contributed by atoms with Gasteiger partial charge in [-0.1, -0.05) is 13.3 Å². The lowest BCUT2D eigenvalue weighted by atomic mass is 10.3. The number of hydrogen-bond donors (Lipinski definition) is 1. The number of alkyl halides is 1. The fraction of sp³-hybridized carbons (Fsp3) is 0.545. The first kappa shape index (κ1) is 12.1. The number of furan rings is 1. The number of hydrogen-bond acceptors (Lipinski definition) is 2. The van der Waals surface area contributed by atoms with Gasteiger partial charge in [0.2, 0.25) is 0 Å². The molecule has 84 valence electrons. The second-order valence-electron chi connectivity index (χ2n) is 3.43. The van der Waals surface area contributed by atoms with Crippen LogP contribution in [0.3, 0.4) is 0 Å². The minimum atomic E-state index is -0.206. The number of halogens is 1. The normalized spacial score (nSPS) is 12.5. The third kappa shape index (κ3) is 3.59. The van der Waals surface area contributed by atoms with E-state index in [4.69, 9.17) is 16.0 Å². The van der Waals surface area contributed by atoms with Gasteiger partial charge in [0.25, 0.3) is 5.91 Å². The zero-order chi connectivity index (χ0) is 11.3. The van der Waals surface area contributed by atoms with Gasteiger partial charge in [-0.3, -0.25) is 4.79 Å². The van der Waals surface area contributed by atoms with Crippen LogP contribution in [-0.4, -0.2) is 12.5 Å². The van der Waals surface area contributed by atoms with E-state index in [0.717, 1.165) is 12.8 Å². The van der Waals surface area contributed by atoms with Crippen molar-refractivity contribution < 1.29 is 9.21 Å². The highest BCUT2D eigenvalue weighted by Crippen LogP contribution is 2.21. The average Bonchev–Trinajstić information content (AvgIpc) is 2.66. The van der Waals surface area contributed by atoms with Gasteiger partial charge in [-0.05, 0) is 25.5 Å². The van der Waals surface area contributed by atoms with Gasteiger partial charge in [0.1, 0.15) is 5.76 Å². The van der Waals surface area contributed by atoms with Crippen LogP contribution in [0.25, 0.3) is 0 Å². The molecule has 0 aliphatic heterocycles. The molecule has 0 radical (unpaired) electrons. The van der Waals surface area contributed by atoms with Crippen molar-refractivity contribution in [2.75, 3.05) is 6.54 Å². The van der Waals surface area contributed by atoms with Gasteiger partial charge in [0.05, 0.1) is 5.38 Å². The van der Waals surface area contributed by atoms with Crippen LogP contribution in [0.15, 0.2) is 16.5 Å². The van der Waals surface area contributed by atoms with E-state index in [2.05, 4.69) is 12.2 Å². The van der Waals surface area contributed by atoms with E-state index in [1.165, 1.54) is 0 Å². The largest absolute Gasteiger partial charge is 0.454 e. The maximum Gasteiger partial charge on any atom is 0.286 e. The summed E-state index contributed by atoms with van der Waals surface area (Å²) in [6.07, 6.45) is 2.04. The van der Waals surface area contributed by atoms with Gasteiger partial charge < -0.3 is 9.73 Å². The molecule has 1 heterocycles. The standard InChI is InChI=1S/C11H16ClNO2/c1-3-4-7-13-11(14)10-6-5-9(15-10)8(2)12/h5-6,8H,3-4,7H2,1-2H3,(H,13,14). The summed E-state index contributed by atoms with van der Waals surface area (Å²) in [5.74, 6) is 0.776. The fourth-order valence-corrected chi connectivity index (χ4v) is 1.27. The van der Waals surface area contributed by atoms with Crippen molar-refractivity contribution in [1.29, 1.82) is 0 Å². The van der Waals surface area contributed by atoms with Crippen LogP contribution in [0.1, 0.15) is 48.4 Å². The first-order valence-corrected chi connectivity index (χ1v) is 5.60. The monoisotopic (exact) mass is 229 g/mol. The maximum atomic E-state index is 11.5. The minimum absolute atomic E-state index is 0.174. The van der Waals surface area contributed by atoms with Crippen LogP contribution in [0.4, 0.5) is 0 Å². The topological polar surface area (TPSA) is 42.2 Å². The van der Waals surface area contributed by atoms with E-state index in [9.17, 15) is 4.79 Å². The molecule has 3 nitrogen and oxygen atoms in total. The molecule has 0 bridgehead atoms. The van der Waals surface area contributed by atoms with E-state index in [1.54, 1.807) is 19.1 Å². The summed E-state index contributed by atoms with van der Waals surface area (Å²) in [6.45, 7) is 4.56. The SMILES string of the molecule is CCCCNC(=O)c1ccc(C(C)Cl)o1. The van der Waals surface area contributed by atoms with E-state index in [-0.39, 0.29) is 11.3 Å². The molecule has 1 aromatic rings. The second-order valence-corrected chi connectivity index (χ2v) is 4.08. The first-order chi connectivity index (χ1) is 7.15. The Bertz CT molecular complexity index is 320. The van der Waals surface area contributed by atoms with E-state index in [0.29, 0.717) is 18.1 Å². The number of carbonyl (C=O) groups is 1. The molecule has 0 aliphatic rings. The van der Waals surface area contributed by atoms with Crippen LogP contribution >= 0.6 is 11.6 Å². The zero-order valence-electron chi connectivity index (χ0n) is 9.05. The molecule has 1 unspecified atom stereocenters. The molecule has 1 atom stereocenters.